The molecule has 0 atom stereocenters. The Hall–Kier alpha value is -7.07. The second-order valence-electron chi connectivity index (χ2n) is 13.8. The Labute approximate surface area is 383 Å². The first-order chi connectivity index (χ1) is 31.4. The summed E-state index contributed by atoms with van der Waals surface area (Å²) in [6.45, 7) is 2.42. The number of sulfone groups is 2. The number of amides is 2. The zero-order valence-electron chi connectivity index (χ0n) is 34.0. The molecule has 4 heterocycles. The highest BCUT2D eigenvalue weighted by Gasteiger charge is 2.32. The minimum absolute atomic E-state index is 0.00953. The predicted octanol–water partition coefficient (Wildman–Crippen LogP) is 7.59. The summed E-state index contributed by atoms with van der Waals surface area (Å²) in [5, 5.41) is 5.54. The largest absolute Gasteiger partial charge is 0.573 e. The lowest BCUT2D eigenvalue weighted by Crippen LogP contribution is -2.23. The Morgan fingerprint density at radius 1 is 0.667 bits per heavy atom. The number of hydrogen-bond donors (Lipinski definition) is 2. The van der Waals surface area contributed by atoms with Crippen molar-refractivity contribution in [3.63, 3.8) is 0 Å². The number of nitrogens with one attached hydrogen (secondary N) is 2. The van der Waals surface area contributed by atoms with Gasteiger partial charge in [-0.3, -0.25) is 18.4 Å². The van der Waals surface area contributed by atoms with Crippen LogP contribution in [0.15, 0.2) is 154 Å². The molecule has 0 bridgehead atoms. The standard InChI is InChI=1S/C22H19ClN4O4S.C21H14ClF3N4O4S/c1-2-31-19-8-5-17(23)11-20(19)32(29,30)18-6-3-15(4-7-18)12-25-21(28)16-13-26-22-24-9-10-27(22)14-16;22-17-6-3-15(33-21(23,24)25)9-18(17)34(31,32)16-4-1-13(2-5-16)10-27-19(30)14-11-28-20-26-7-8-29(20)12-14/h3-11,13-14H,2,12H2,1H3,(H,25,28);1-9,11-12H,10H2,(H,27,30). The summed E-state index contributed by atoms with van der Waals surface area (Å²) in [7, 11) is -8.07. The van der Waals surface area contributed by atoms with Crippen LogP contribution in [0, 0.1) is 0 Å². The number of aromatic nitrogens is 6. The molecule has 0 aliphatic carbocycles. The number of imidazole rings is 2. The fourth-order valence-corrected chi connectivity index (χ4v) is 9.54. The van der Waals surface area contributed by atoms with E-state index in [2.05, 4.69) is 35.3 Å². The second kappa shape index (κ2) is 19.6. The van der Waals surface area contributed by atoms with Crippen molar-refractivity contribution in [2.75, 3.05) is 6.61 Å². The van der Waals surface area contributed by atoms with Crippen LogP contribution in [-0.2, 0) is 32.8 Å². The summed E-state index contributed by atoms with van der Waals surface area (Å²) in [6.07, 6.45) is 7.56. The van der Waals surface area contributed by atoms with Crippen LogP contribution in [0.2, 0.25) is 10.0 Å². The summed E-state index contributed by atoms with van der Waals surface area (Å²) < 4.78 is 102. The van der Waals surface area contributed by atoms with Crippen molar-refractivity contribution in [2.45, 2.75) is 46.0 Å². The van der Waals surface area contributed by atoms with Crippen molar-refractivity contribution in [3.8, 4) is 11.5 Å². The third-order valence-electron chi connectivity index (χ3n) is 9.31. The molecular weight excluding hydrogens is 949 g/mol. The first-order valence-corrected chi connectivity index (χ1v) is 22.9. The SMILES string of the molecule is CCOc1ccc(Cl)cc1S(=O)(=O)c1ccc(CNC(=O)c2cnc3nccn3c2)cc1.O=C(NCc1ccc(S(=O)(=O)c2cc(OC(F)(F)F)ccc2Cl)cc1)c1cnc2nccn2c1. The van der Waals surface area contributed by atoms with Gasteiger partial charge in [0.25, 0.3) is 11.8 Å². The van der Waals surface area contributed by atoms with E-state index in [0.29, 0.717) is 45.9 Å². The number of hydrogen-bond acceptors (Lipinski definition) is 12. The molecule has 4 aromatic heterocycles. The van der Waals surface area contributed by atoms with Crippen LogP contribution in [0.5, 0.6) is 11.5 Å². The zero-order chi connectivity index (χ0) is 47.2. The lowest BCUT2D eigenvalue weighted by atomic mass is 10.2. The number of carbonyl (C=O) groups is 2. The fourth-order valence-electron chi connectivity index (χ4n) is 6.12. The van der Waals surface area contributed by atoms with Crippen LogP contribution < -0.4 is 20.1 Å². The smallest absolute Gasteiger partial charge is 0.492 e. The Kier molecular flexibility index (Phi) is 13.9. The van der Waals surface area contributed by atoms with Crippen LogP contribution >= 0.6 is 23.2 Å². The van der Waals surface area contributed by atoms with Gasteiger partial charge in [-0.15, -0.1) is 13.2 Å². The van der Waals surface area contributed by atoms with E-state index < -0.39 is 42.6 Å². The van der Waals surface area contributed by atoms with Crippen LogP contribution in [0.4, 0.5) is 13.2 Å². The molecule has 2 amide bonds. The molecule has 0 saturated carbocycles. The number of halogens is 5. The first kappa shape index (κ1) is 46.9. The predicted molar refractivity (Wildman–Crippen MR) is 233 cm³/mol. The molecule has 8 aromatic rings. The van der Waals surface area contributed by atoms with Gasteiger partial charge in [-0.25, -0.2) is 36.8 Å². The average Bonchev–Trinajstić information content (AvgIpc) is 3.98. The van der Waals surface area contributed by atoms with E-state index in [1.54, 1.807) is 77.2 Å². The van der Waals surface area contributed by atoms with Gasteiger partial charge in [-0.2, -0.15) is 0 Å². The third-order valence-corrected chi connectivity index (χ3v) is 13.6. The van der Waals surface area contributed by atoms with Crippen LogP contribution in [-0.4, -0.2) is 70.4 Å². The summed E-state index contributed by atoms with van der Waals surface area (Å²) in [4.78, 5) is 40.4. The van der Waals surface area contributed by atoms with Gasteiger partial charge in [0.2, 0.25) is 31.2 Å². The van der Waals surface area contributed by atoms with Gasteiger partial charge < -0.3 is 20.1 Å². The minimum Gasteiger partial charge on any atom is -0.492 e. The van der Waals surface area contributed by atoms with E-state index in [-0.39, 0.29) is 44.5 Å². The highest BCUT2D eigenvalue weighted by molar-refractivity contribution is 7.92. The quantitative estimate of drug-likeness (QED) is 0.115. The van der Waals surface area contributed by atoms with E-state index >= 15 is 0 Å². The van der Waals surface area contributed by atoms with E-state index in [1.165, 1.54) is 54.9 Å². The Morgan fingerprint density at radius 3 is 1.65 bits per heavy atom. The topological polar surface area (TPSA) is 205 Å². The Balaban J connectivity index is 0.000000197. The number of rotatable bonds is 13. The molecule has 16 nitrogen and oxygen atoms in total. The van der Waals surface area contributed by atoms with Crippen molar-refractivity contribution in [1.29, 1.82) is 0 Å². The van der Waals surface area contributed by atoms with E-state index in [0.717, 1.165) is 17.7 Å². The molecule has 66 heavy (non-hydrogen) atoms. The van der Waals surface area contributed by atoms with Gasteiger partial charge in [-0.1, -0.05) is 47.5 Å². The van der Waals surface area contributed by atoms with E-state index in [1.807, 2.05) is 0 Å². The highest BCUT2D eigenvalue weighted by Crippen LogP contribution is 2.34. The summed E-state index contributed by atoms with van der Waals surface area (Å²) in [6, 6.07) is 18.9. The van der Waals surface area contributed by atoms with Crippen LogP contribution in [0.25, 0.3) is 11.6 Å². The van der Waals surface area contributed by atoms with Gasteiger partial charge in [0.05, 0.1) is 37.4 Å². The maximum atomic E-state index is 13.1. The molecule has 0 unspecified atom stereocenters. The number of ether oxygens (including phenoxy) is 2. The van der Waals surface area contributed by atoms with Gasteiger partial charge >= 0.3 is 6.36 Å². The zero-order valence-corrected chi connectivity index (χ0v) is 37.1. The van der Waals surface area contributed by atoms with Crippen molar-refractivity contribution >= 4 is 66.2 Å². The molecule has 8 rings (SSSR count). The number of alkyl halides is 3. The van der Waals surface area contributed by atoms with E-state index in [9.17, 15) is 39.6 Å². The van der Waals surface area contributed by atoms with Gasteiger partial charge in [0.15, 0.2) is 0 Å². The molecule has 4 aromatic carbocycles. The molecule has 0 aliphatic rings. The third kappa shape index (κ3) is 11.1. The molecule has 0 spiro atoms. The van der Waals surface area contributed by atoms with Crippen molar-refractivity contribution in [2.24, 2.45) is 0 Å². The van der Waals surface area contributed by atoms with Gasteiger partial charge in [0.1, 0.15) is 16.4 Å². The summed E-state index contributed by atoms with van der Waals surface area (Å²) >= 11 is 11.9. The van der Waals surface area contributed by atoms with Crippen LogP contribution in [0.1, 0.15) is 38.8 Å². The van der Waals surface area contributed by atoms with Crippen molar-refractivity contribution in [3.05, 3.63) is 167 Å². The Morgan fingerprint density at radius 2 is 1.17 bits per heavy atom. The van der Waals surface area contributed by atoms with Gasteiger partial charge in [0, 0.05) is 73.8 Å². The first-order valence-electron chi connectivity index (χ1n) is 19.2. The molecular formula is C43H33Cl2F3N8O8S2. The maximum absolute atomic E-state index is 13.1. The molecule has 0 saturated heterocycles. The summed E-state index contributed by atoms with van der Waals surface area (Å²) in [5.74, 6) is -0.206. The monoisotopic (exact) mass is 980 g/mol. The maximum Gasteiger partial charge on any atom is 0.573 e. The molecule has 23 heteroatoms. The molecule has 340 valence electrons. The number of benzene rings is 4. The Bertz CT molecular complexity index is 3300. The molecule has 0 fully saturated rings. The second-order valence-corrected chi connectivity index (χ2v) is 18.5. The van der Waals surface area contributed by atoms with Crippen molar-refractivity contribution in [1.82, 2.24) is 39.4 Å². The lowest BCUT2D eigenvalue weighted by molar-refractivity contribution is -0.274. The number of carbonyl (C=O) groups excluding carboxylic acids is 2. The van der Waals surface area contributed by atoms with Crippen molar-refractivity contribution < 1.29 is 49.1 Å². The van der Waals surface area contributed by atoms with E-state index in [4.69, 9.17) is 27.9 Å². The normalized spacial score (nSPS) is 11.7. The minimum atomic E-state index is -4.98. The number of nitrogens with zero attached hydrogens (tertiary/aromatic N) is 6. The van der Waals surface area contributed by atoms with Crippen LogP contribution in [0.3, 0.4) is 0 Å². The molecule has 0 radical (unpaired) electrons. The molecule has 2 N–H and O–H groups in total. The van der Waals surface area contributed by atoms with Gasteiger partial charge in [-0.05, 0) is 72.6 Å². The number of fused-ring (bicyclic) bond motifs is 2. The lowest BCUT2D eigenvalue weighted by Gasteiger charge is -2.12. The average molecular weight is 982 g/mol. The molecule has 0 aliphatic heterocycles. The fraction of sp³-hybridized carbons (Fsp3) is 0.116. The summed E-state index contributed by atoms with van der Waals surface area (Å²) in [5.41, 5.74) is 2.02. The highest BCUT2D eigenvalue weighted by atomic mass is 35.5.